The maximum atomic E-state index is 12.4. The van der Waals surface area contributed by atoms with Crippen LogP contribution in [0, 0.1) is 5.92 Å². The van der Waals surface area contributed by atoms with Crippen molar-refractivity contribution < 1.29 is 14.3 Å². The molecule has 5 heteroatoms. The molecule has 0 bridgehead atoms. The molecule has 2 aliphatic heterocycles. The SMILES string of the molecule is O=C(Cc1ccc2c(c1)OCO2)N1CCN(CC2CC2)CC1. The smallest absolute Gasteiger partial charge is 0.231 e. The van der Waals surface area contributed by atoms with Crippen LogP contribution in [-0.4, -0.2) is 55.2 Å². The van der Waals surface area contributed by atoms with Crippen molar-refractivity contribution in [1.29, 1.82) is 0 Å². The van der Waals surface area contributed by atoms with E-state index in [-0.39, 0.29) is 12.7 Å². The molecule has 1 saturated heterocycles. The summed E-state index contributed by atoms with van der Waals surface area (Å²) in [5.74, 6) is 2.66. The number of hydrogen-bond acceptors (Lipinski definition) is 4. The lowest BCUT2D eigenvalue weighted by Gasteiger charge is -2.34. The third kappa shape index (κ3) is 3.04. The van der Waals surface area contributed by atoms with Crippen LogP contribution in [0.3, 0.4) is 0 Å². The molecule has 5 nitrogen and oxygen atoms in total. The van der Waals surface area contributed by atoms with E-state index >= 15 is 0 Å². The summed E-state index contributed by atoms with van der Waals surface area (Å²) in [4.78, 5) is 16.9. The summed E-state index contributed by atoms with van der Waals surface area (Å²) >= 11 is 0. The molecule has 22 heavy (non-hydrogen) atoms. The summed E-state index contributed by atoms with van der Waals surface area (Å²) < 4.78 is 10.7. The number of ether oxygens (including phenoxy) is 2. The molecule has 0 spiro atoms. The largest absolute Gasteiger partial charge is 0.454 e. The van der Waals surface area contributed by atoms with Gasteiger partial charge in [-0.25, -0.2) is 0 Å². The van der Waals surface area contributed by atoms with E-state index in [4.69, 9.17) is 9.47 Å². The third-order valence-corrected chi connectivity index (χ3v) is 4.73. The minimum atomic E-state index is 0.213. The zero-order valence-electron chi connectivity index (χ0n) is 12.8. The first-order valence-corrected chi connectivity index (χ1v) is 8.16. The van der Waals surface area contributed by atoms with Gasteiger partial charge in [-0.05, 0) is 36.5 Å². The van der Waals surface area contributed by atoms with Gasteiger partial charge in [0.1, 0.15) is 0 Å². The Bertz CT molecular complexity index is 563. The molecule has 0 N–H and O–H groups in total. The molecular formula is C17H22N2O3. The fraction of sp³-hybridized carbons (Fsp3) is 0.588. The van der Waals surface area contributed by atoms with E-state index < -0.39 is 0 Å². The summed E-state index contributed by atoms with van der Waals surface area (Å²) in [7, 11) is 0. The molecule has 1 aromatic carbocycles. The molecule has 2 heterocycles. The summed E-state index contributed by atoms with van der Waals surface area (Å²) in [6.45, 7) is 5.25. The molecule has 0 atom stereocenters. The van der Waals surface area contributed by atoms with Crippen molar-refractivity contribution in [3.05, 3.63) is 23.8 Å². The summed E-state index contributed by atoms with van der Waals surface area (Å²) in [5, 5.41) is 0. The Morgan fingerprint density at radius 3 is 2.64 bits per heavy atom. The maximum absolute atomic E-state index is 12.4. The molecule has 0 radical (unpaired) electrons. The monoisotopic (exact) mass is 302 g/mol. The lowest BCUT2D eigenvalue weighted by atomic mass is 10.1. The van der Waals surface area contributed by atoms with Crippen molar-refractivity contribution in [3.63, 3.8) is 0 Å². The van der Waals surface area contributed by atoms with Crippen LogP contribution >= 0.6 is 0 Å². The van der Waals surface area contributed by atoms with Crippen molar-refractivity contribution in [2.75, 3.05) is 39.5 Å². The lowest BCUT2D eigenvalue weighted by Crippen LogP contribution is -2.49. The maximum Gasteiger partial charge on any atom is 0.231 e. The summed E-state index contributed by atoms with van der Waals surface area (Å²) in [5.41, 5.74) is 0.995. The average Bonchev–Trinajstić information content (AvgIpc) is 3.22. The van der Waals surface area contributed by atoms with E-state index in [0.717, 1.165) is 49.2 Å². The highest BCUT2D eigenvalue weighted by Gasteiger charge is 2.27. The molecule has 3 aliphatic rings. The number of carbonyl (C=O) groups excluding carboxylic acids is 1. The topological polar surface area (TPSA) is 42.0 Å². The zero-order valence-corrected chi connectivity index (χ0v) is 12.8. The van der Waals surface area contributed by atoms with Gasteiger partial charge in [-0.2, -0.15) is 0 Å². The van der Waals surface area contributed by atoms with Crippen LogP contribution in [0.1, 0.15) is 18.4 Å². The molecule has 118 valence electrons. The lowest BCUT2D eigenvalue weighted by molar-refractivity contribution is -0.132. The van der Waals surface area contributed by atoms with E-state index in [1.807, 2.05) is 23.1 Å². The van der Waals surface area contributed by atoms with Gasteiger partial charge in [0.25, 0.3) is 0 Å². The number of fused-ring (bicyclic) bond motifs is 1. The van der Waals surface area contributed by atoms with Crippen LogP contribution in [0.4, 0.5) is 0 Å². The van der Waals surface area contributed by atoms with Gasteiger partial charge in [0, 0.05) is 32.7 Å². The van der Waals surface area contributed by atoms with Crippen molar-refractivity contribution >= 4 is 5.91 Å². The highest BCUT2D eigenvalue weighted by molar-refractivity contribution is 5.79. The predicted octanol–water partition coefficient (Wildman–Crippen LogP) is 1.51. The molecular weight excluding hydrogens is 280 g/mol. The highest BCUT2D eigenvalue weighted by Crippen LogP contribution is 2.33. The highest BCUT2D eigenvalue weighted by atomic mass is 16.7. The predicted molar refractivity (Wildman–Crippen MR) is 82.0 cm³/mol. The van der Waals surface area contributed by atoms with Crippen LogP contribution in [0.2, 0.25) is 0 Å². The molecule has 2 fully saturated rings. The fourth-order valence-corrected chi connectivity index (χ4v) is 3.18. The first-order valence-electron chi connectivity index (χ1n) is 8.16. The number of benzene rings is 1. The molecule has 1 aromatic rings. The van der Waals surface area contributed by atoms with Gasteiger partial charge in [0.15, 0.2) is 11.5 Å². The number of nitrogens with zero attached hydrogens (tertiary/aromatic N) is 2. The van der Waals surface area contributed by atoms with Crippen molar-refractivity contribution in [2.24, 2.45) is 5.92 Å². The molecule has 1 amide bonds. The van der Waals surface area contributed by atoms with E-state index in [9.17, 15) is 4.79 Å². The summed E-state index contributed by atoms with van der Waals surface area (Å²) in [6.07, 6.45) is 3.23. The van der Waals surface area contributed by atoms with E-state index in [2.05, 4.69) is 4.90 Å². The standard InChI is InChI=1S/C17H22N2O3/c20-17(10-14-3-4-15-16(9-14)22-12-21-15)19-7-5-18(6-8-19)11-13-1-2-13/h3-4,9,13H,1-2,5-8,10-12H2. The van der Waals surface area contributed by atoms with Gasteiger partial charge in [0.2, 0.25) is 12.7 Å². The minimum absolute atomic E-state index is 0.213. The molecule has 4 rings (SSSR count). The number of amides is 1. The average molecular weight is 302 g/mol. The third-order valence-electron chi connectivity index (χ3n) is 4.73. The normalized spacial score (nSPS) is 21.2. The Morgan fingerprint density at radius 2 is 1.86 bits per heavy atom. The van der Waals surface area contributed by atoms with Crippen LogP contribution in [0.15, 0.2) is 18.2 Å². The molecule has 1 saturated carbocycles. The number of rotatable bonds is 4. The Morgan fingerprint density at radius 1 is 1.09 bits per heavy atom. The second kappa shape index (κ2) is 5.80. The van der Waals surface area contributed by atoms with Gasteiger partial charge in [-0.3, -0.25) is 9.69 Å². The second-order valence-corrected chi connectivity index (χ2v) is 6.49. The fourth-order valence-electron chi connectivity index (χ4n) is 3.18. The van der Waals surface area contributed by atoms with Crippen molar-refractivity contribution in [2.45, 2.75) is 19.3 Å². The quantitative estimate of drug-likeness (QED) is 0.845. The van der Waals surface area contributed by atoms with Gasteiger partial charge < -0.3 is 14.4 Å². The van der Waals surface area contributed by atoms with Gasteiger partial charge in [0.05, 0.1) is 6.42 Å². The van der Waals surface area contributed by atoms with Crippen molar-refractivity contribution in [1.82, 2.24) is 9.80 Å². The number of piperazine rings is 1. The minimum Gasteiger partial charge on any atom is -0.454 e. The van der Waals surface area contributed by atoms with Crippen LogP contribution in [0.25, 0.3) is 0 Å². The number of hydrogen-bond donors (Lipinski definition) is 0. The van der Waals surface area contributed by atoms with Crippen molar-refractivity contribution in [3.8, 4) is 11.5 Å². The Hall–Kier alpha value is -1.75. The van der Waals surface area contributed by atoms with Gasteiger partial charge >= 0.3 is 0 Å². The molecule has 1 aliphatic carbocycles. The molecule has 0 aromatic heterocycles. The second-order valence-electron chi connectivity index (χ2n) is 6.49. The first-order chi connectivity index (χ1) is 10.8. The van der Waals surface area contributed by atoms with Crippen LogP contribution in [-0.2, 0) is 11.2 Å². The Labute approximate surface area is 130 Å². The zero-order chi connectivity index (χ0) is 14.9. The van der Waals surface area contributed by atoms with E-state index in [0.29, 0.717) is 6.42 Å². The van der Waals surface area contributed by atoms with E-state index in [1.54, 1.807) is 0 Å². The van der Waals surface area contributed by atoms with Crippen LogP contribution < -0.4 is 9.47 Å². The first kappa shape index (κ1) is 13.9. The Balaban J connectivity index is 1.30. The molecule has 0 unspecified atom stereocenters. The number of carbonyl (C=O) groups is 1. The van der Waals surface area contributed by atoms with Crippen LogP contribution in [0.5, 0.6) is 11.5 Å². The van der Waals surface area contributed by atoms with E-state index in [1.165, 1.54) is 19.4 Å². The van der Waals surface area contributed by atoms with Gasteiger partial charge in [-0.1, -0.05) is 6.07 Å². The Kier molecular flexibility index (Phi) is 3.66. The summed E-state index contributed by atoms with van der Waals surface area (Å²) in [6, 6.07) is 5.76. The van der Waals surface area contributed by atoms with Gasteiger partial charge in [-0.15, -0.1) is 0 Å².